The van der Waals surface area contributed by atoms with Gasteiger partial charge in [0.05, 0.1) is 6.20 Å². The third kappa shape index (κ3) is 2.39. The maximum atomic E-state index is 12.4. The van der Waals surface area contributed by atoms with Crippen molar-refractivity contribution in [2.24, 2.45) is 0 Å². The molecule has 1 aromatic heterocycles. The molecule has 3 aromatic rings. The van der Waals surface area contributed by atoms with Crippen molar-refractivity contribution >= 4 is 33.3 Å². The van der Waals surface area contributed by atoms with E-state index in [-0.39, 0.29) is 10.5 Å². The van der Waals surface area contributed by atoms with Crippen LogP contribution in [0.2, 0.25) is 0 Å². The number of Topliss-reactive ketones (excluding diaryl/α,β-unsaturated/α-hetero) is 2. The number of ketones is 2. The second kappa shape index (κ2) is 5.99. The van der Waals surface area contributed by atoms with Crippen LogP contribution in [-0.4, -0.2) is 33.2 Å². The molecule has 5 rings (SSSR count). The molecule has 27 heavy (non-hydrogen) atoms. The maximum Gasteiger partial charge on any atom is 0.244 e. The number of ether oxygens (including phenoxy) is 1. The maximum absolute atomic E-state index is 12.4. The first-order valence-corrected chi connectivity index (χ1v) is 9.16. The van der Waals surface area contributed by atoms with Gasteiger partial charge in [0.1, 0.15) is 28.6 Å². The Labute approximate surface area is 162 Å². The Balaban J connectivity index is 1.63. The van der Waals surface area contributed by atoms with Gasteiger partial charge in [-0.05, 0) is 21.5 Å². The predicted molar refractivity (Wildman–Crippen MR) is 101 cm³/mol. The van der Waals surface area contributed by atoms with Crippen LogP contribution < -0.4 is 0 Å². The van der Waals surface area contributed by atoms with Gasteiger partial charge in [-0.15, -0.1) is 5.10 Å². The fourth-order valence-electron chi connectivity index (χ4n) is 3.50. The molecule has 132 valence electrons. The molecule has 1 atom stereocenters. The molecule has 0 radical (unpaired) electrons. The minimum absolute atomic E-state index is 0.175. The summed E-state index contributed by atoms with van der Waals surface area (Å²) in [4.78, 5) is 24.5. The number of carbonyl (C=O) groups is 2. The van der Waals surface area contributed by atoms with E-state index in [1.54, 1.807) is 16.8 Å². The topological polar surface area (TPSA) is 74.1 Å². The molecule has 6 nitrogen and oxygen atoms in total. The van der Waals surface area contributed by atoms with Crippen LogP contribution in [0.25, 0.3) is 17.0 Å². The van der Waals surface area contributed by atoms with Crippen LogP contribution in [0.3, 0.4) is 0 Å². The van der Waals surface area contributed by atoms with Crippen LogP contribution in [0.5, 0.6) is 0 Å². The van der Waals surface area contributed by atoms with Gasteiger partial charge in [-0.1, -0.05) is 53.7 Å². The number of nitrogens with zero attached hydrogens (tertiary/aromatic N) is 3. The standard InChI is InChI=1S/C20H12BrN3O3/c21-17-19(26)18(25)13-8-4-7-12-15(10-27-20(17)16(12)13)24-9-14(22-23-24)11-5-2-1-3-6-11/h1-9,15H,10H2. The summed E-state index contributed by atoms with van der Waals surface area (Å²) in [6, 6.07) is 14.9. The molecule has 0 N–H and O–H groups in total. The zero-order valence-corrected chi connectivity index (χ0v) is 15.5. The molecule has 0 saturated heterocycles. The van der Waals surface area contributed by atoms with Crippen LogP contribution in [0.15, 0.2) is 59.2 Å². The van der Waals surface area contributed by atoms with E-state index < -0.39 is 11.6 Å². The number of allylic oxidation sites excluding steroid dienone is 1. The SMILES string of the molecule is O=C1C(=O)c2cccc3c2C(=C1Br)OCC3n1cc(-c2ccccc2)nn1. The van der Waals surface area contributed by atoms with Gasteiger partial charge in [0.25, 0.3) is 0 Å². The highest BCUT2D eigenvalue weighted by molar-refractivity contribution is 9.12. The number of halogens is 1. The van der Waals surface area contributed by atoms with Crippen LogP contribution in [0.4, 0.5) is 0 Å². The fourth-order valence-corrected chi connectivity index (χ4v) is 3.99. The largest absolute Gasteiger partial charge is 0.489 e. The van der Waals surface area contributed by atoms with Crippen LogP contribution in [0, 0.1) is 0 Å². The van der Waals surface area contributed by atoms with E-state index in [2.05, 4.69) is 26.2 Å². The molecule has 1 unspecified atom stereocenters. The average molecular weight is 422 g/mol. The van der Waals surface area contributed by atoms with E-state index in [4.69, 9.17) is 4.74 Å². The summed E-state index contributed by atoms with van der Waals surface area (Å²) in [5.41, 5.74) is 3.63. The quantitative estimate of drug-likeness (QED) is 0.592. The zero-order chi connectivity index (χ0) is 18.5. The molecule has 0 fully saturated rings. The van der Waals surface area contributed by atoms with Crippen molar-refractivity contribution in [2.75, 3.05) is 6.61 Å². The van der Waals surface area contributed by atoms with E-state index in [0.29, 0.717) is 23.5 Å². The Bertz CT molecular complexity index is 1130. The molecular weight excluding hydrogens is 410 g/mol. The van der Waals surface area contributed by atoms with Crippen molar-refractivity contribution in [3.05, 3.63) is 75.9 Å². The van der Waals surface area contributed by atoms with Gasteiger partial charge in [-0.25, -0.2) is 4.68 Å². The lowest BCUT2D eigenvalue weighted by Crippen LogP contribution is -2.30. The number of hydrogen-bond acceptors (Lipinski definition) is 5. The molecule has 2 aromatic carbocycles. The molecule has 1 aliphatic carbocycles. The van der Waals surface area contributed by atoms with Crippen LogP contribution in [0.1, 0.15) is 27.5 Å². The van der Waals surface area contributed by atoms with Crippen molar-refractivity contribution in [3.63, 3.8) is 0 Å². The minimum atomic E-state index is -0.583. The minimum Gasteiger partial charge on any atom is -0.489 e. The Hall–Kier alpha value is -3.06. The van der Waals surface area contributed by atoms with E-state index in [1.807, 2.05) is 42.6 Å². The number of carbonyl (C=O) groups excluding carboxylic acids is 2. The van der Waals surface area contributed by atoms with Gasteiger partial charge in [0, 0.05) is 16.7 Å². The van der Waals surface area contributed by atoms with Crippen molar-refractivity contribution in [2.45, 2.75) is 6.04 Å². The summed E-state index contributed by atoms with van der Waals surface area (Å²) in [7, 11) is 0. The number of hydrogen-bond donors (Lipinski definition) is 0. The third-order valence-electron chi connectivity index (χ3n) is 4.82. The molecule has 1 aliphatic heterocycles. The molecule has 0 spiro atoms. The molecule has 0 saturated carbocycles. The smallest absolute Gasteiger partial charge is 0.244 e. The lowest BCUT2D eigenvalue weighted by atomic mass is 9.86. The first-order chi connectivity index (χ1) is 13.1. The van der Waals surface area contributed by atoms with Gasteiger partial charge >= 0.3 is 0 Å². The highest BCUT2D eigenvalue weighted by atomic mass is 79.9. The van der Waals surface area contributed by atoms with Crippen molar-refractivity contribution in [1.29, 1.82) is 0 Å². The lowest BCUT2D eigenvalue weighted by molar-refractivity contribution is -0.111. The monoisotopic (exact) mass is 421 g/mol. The summed E-state index contributed by atoms with van der Waals surface area (Å²) in [6.45, 7) is 0.292. The highest BCUT2D eigenvalue weighted by Gasteiger charge is 2.39. The molecule has 2 heterocycles. The summed E-state index contributed by atoms with van der Waals surface area (Å²) in [5, 5.41) is 8.54. The average Bonchev–Trinajstić information content (AvgIpc) is 3.20. The van der Waals surface area contributed by atoms with Gasteiger partial charge in [-0.2, -0.15) is 0 Å². The van der Waals surface area contributed by atoms with E-state index >= 15 is 0 Å². The van der Waals surface area contributed by atoms with Gasteiger partial charge < -0.3 is 4.74 Å². The third-order valence-corrected chi connectivity index (χ3v) is 5.54. The number of benzene rings is 2. The van der Waals surface area contributed by atoms with E-state index in [1.165, 1.54) is 0 Å². The first kappa shape index (κ1) is 16.1. The second-order valence-corrected chi connectivity index (χ2v) is 7.14. The van der Waals surface area contributed by atoms with Gasteiger partial charge in [0.2, 0.25) is 11.6 Å². The molecule has 7 heteroatoms. The Kier molecular flexibility index (Phi) is 3.58. The first-order valence-electron chi connectivity index (χ1n) is 8.37. The fraction of sp³-hybridized carbons (Fsp3) is 0.100. The number of rotatable bonds is 2. The molecule has 2 aliphatic rings. The van der Waals surface area contributed by atoms with Crippen molar-refractivity contribution < 1.29 is 14.3 Å². The normalized spacial score (nSPS) is 18.3. The van der Waals surface area contributed by atoms with Crippen molar-refractivity contribution in [1.82, 2.24) is 15.0 Å². The summed E-state index contributed by atoms with van der Waals surface area (Å²) >= 11 is 3.22. The number of aromatic nitrogens is 3. The second-order valence-electron chi connectivity index (χ2n) is 6.35. The summed E-state index contributed by atoms with van der Waals surface area (Å²) in [5.74, 6) is -0.694. The molecule has 0 amide bonds. The highest BCUT2D eigenvalue weighted by Crippen LogP contribution is 2.42. The zero-order valence-electron chi connectivity index (χ0n) is 13.9. The van der Waals surface area contributed by atoms with Crippen LogP contribution >= 0.6 is 15.9 Å². The summed E-state index contributed by atoms with van der Waals surface area (Å²) in [6.07, 6.45) is 1.86. The molecular formula is C20H12BrN3O3. The van der Waals surface area contributed by atoms with Gasteiger partial charge in [0.15, 0.2) is 0 Å². The van der Waals surface area contributed by atoms with Gasteiger partial charge in [-0.3, -0.25) is 9.59 Å². The van der Waals surface area contributed by atoms with Crippen LogP contribution in [-0.2, 0) is 9.53 Å². The Morgan fingerprint density at radius 2 is 1.85 bits per heavy atom. The van der Waals surface area contributed by atoms with E-state index in [0.717, 1.165) is 16.8 Å². The Morgan fingerprint density at radius 3 is 2.67 bits per heavy atom. The predicted octanol–water partition coefficient (Wildman–Crippen LogP) is 3.39. The Morgan fingerprint density at radius 1 is 1.04 bits per heavy atom. The summed E-state index contributed by atoms with van der Waals surface area (Å²) < 4.78 is 7.78. The van der Waals surface area contributed by atoms with E-state index in [9.17, 15) is 9.59 Å². The van der Waals surface area contributed by atoms with Crippen molar-refractivity contribution in [3.8, 4) is 11.3 Å². The molecule has 0 bridgehead atoms. The lowest BCUT2D eigenvalue weighted by Gasteiger charge is -2.31.